The Morgan fingerprint density at radius 3 is 2.08 bits per heavy atom. The van der Waals surface area contributed by atoms with E-state index in [1.165, 1.54) is 32.5 Å². The molecular formula is C21H27NO4. The second kappa shape index (κ2) is 8.61. The maximum absolute atomic E-state index is 12.8. The molecule has 0 aliphatic carbocycles. The van der Waals surface area contributed by atoms with E-state index in [4.69, 9.17) is 14.2 Å². The molecule has 26 heavy (non-hydrogen) atoms. The molecule has 0 spiro atoms. The van der Waals surface area contributed by atoms with Gasteiger partial charge in [-0.1, -0.05) is 30.7 Å². The fourth-order valence-corrected chi connectivity index (χ4v) is 3.07. The number of methoxy groups -OCH3 is 3. The highest BCUT2D eigenvalue weighted by Gasteiger charge is 2.20. The topological polar surface area (TPSA) is 56.8 Å². The van der Waals surface area contributed by atoms with Crippen molar-refractivity contribution >= 4 is 5.91 Å². The third-order valence-electron chi connectivity index (χ3n) is 4.44. The normalized spacial score (nSPS) is 11.6. The molecule has 2 rings (SSSR count). The van der Waals surface area contributed by atoms with Crippen molar-refractivity contribution in [2.45, 2.75) is 33.2 Å². The number of hydrogen-bond donors (Lipinski definition) is 1. The number of benzene rings is 2. The van der Waals surface area contributed by atoms with Crippen molar-refractivity contribution in [3.05, 3.63) is 52.6 Å². The number of hydrogen-bond acceptors (Lipinski definition) is 4. The predicted octanol–water partition coefficient (Wildman–Crippen LogP) is 4.21. The van der Waals surface area contributed by atoms with E-state index in [2.05, 4.69) is 44.3 Å². The van der Waals surface area contributed by atoms with E-state index in [1.807, 2.05) is 0 Å². The average Bonchev–Trinajstić information content (AvgIpc) is 2.64. The van der Waals surface area contributed by atoms with Gasteiger partial charge in [0, 0.05) is 5.56 Å². The molecule has 0 unspecified atom stereocenters. The van der Waals surface area contributed by atoms with Crippen LogP contribution in [0.2, 0.25) is 0 Å². The van der Waals surface area contributed by atoms with E-state index in [0.717, 1.165) is 12.0 Å². The Hall–Kier alpha value is -2.69. The van der Waals surface area contributed by atoms with Crippen LogP contribution in [0.15, 0.2) is 30.3 Å². The minimum Gasteiger partial charge on any atom is -0.493 e. The third-order valence-corrected chi connectivity index (χ3v) is 4.44. The molecule has 5 heteroatoms. The number of aryl methyl sites for hydroxylation is 2. The summed E-state index contributed by atoms with van der Waals surface area (Å²) in [6.45, 7) is 6.18. The molecule has 0 bridgehead atoms. The van der Waals surface area contributed by atoms with E-state index in [9.17, 15) is 4.79 Å². The lowest BCUT2D eigenvalue weighted by Gasteiger charge is -2.21. The Labute approximate surface area is 155 Å². The van der Waals surface area contributed by atoms with Gasteiger partial charge in [-0.05, 0) is 43.5 Å². The number of rotatable bonds is 7. The average molecular weight is 357 g/mol. The monoisotopic (exact) mass is 357 g/mol. The highest BCUT2D eigenvalue weighted by atomic mass is 16.5. The summed E-state index contributed by atoms with van der Waals surface area (Å²) in [6, 6.07) is 9.52. The van der Waals surface area contributed by atoms with Crippen molar-refractivity contribution in [3.63, 3.8) is 0 Å². The molecule has 5 nitrogen and oxygen atoms in total. The van der Waals surface area contributed by atoms with Crippen LogP contribution in [0, 0.1) is 13.8 Å². The Kier molecular flexibility index (Phi) is 6.50. The molecule has 0 aliphatic rings. The second-order valence-electron chi connectivity index (χ2n) is 6.21. The van der Waals surface area contributed by atoms with E-state index in [0.29, 0.717) is 22.8 Å². The molecule has 140 valence electrons. The minimum absolute atomic E-state index is 0.0674. The summed E-state index contributed by atoms with van der Waals surface area (Å²) in [5, 5.41) is 3.11. The molecule has 0 aromatic heterocycles. The summed E-state index contributed by atoms with van der Waals surface area (Å²) in [7, 11) is 4.60. The highest BCUT2D eigenvalue weighted by Crippen LogP contribution is 2.38. The first-order valence-electron chi connectivity index (χ1n) is 8.63. The quantitative estimate of drug-likeness (QED) is 0.806. The largest absolute Gasteiger partial charge is 0.493 e. The molecule has 0 fully saturated rings. The summed E-state index contributed by atoms with van der Waals surface area (Å²) in [5.74, 6) is 1.19. The zero-order valence-electron chi connectivity index (χ0n) is 16.3. The number of nitrogens with one attached hydrogen (secondary N) is 1. The zero-order chi connectivity index (χ0) is 19.3. The van der Waals surface area contributed by atoms with E-state index >= 15 is 0 Å². The standard InChI is InChI=1S/C21H27NO4/c1-7-17(16-9-8-13(2)10-14(16)3)22-21(23)15-11-18(24-4)20(26-6)19(12-15)25-5/h8-12,17H,7H2,1-6H3,(H,22,23)/t17-/m0/s1. The first-order chi connectivity index (χ1) is 12.4. The molecule has 0 aliphatic heterocycles. The molecule has 0 saturated heterocycles. The summed E-state index contributed by atoms with van der Waals surface area (Å²) in [6.07, 6.45) is 0.792. The van der Waals surface area contributed by atoms with Crippen molar-refractivity contribution in [1.82, 2.24) is 5.32 Å². The zero-order valence-corrected chi connectivity index (χ0v) is 16.3. The molecule has 1 amide bonds. The van der Waals surface area contributed by atoms with Gasteiger partial charge in [-0.3, -0.25) is 4.79 Å². The van der Waals surface area contributed by atoms with Gasteiger partial charge in [0.15, 0.2) is 11.5 Å². The molecule has 2 aromatic rings. The van der Waals surface area contributed by atoms with Crippen LogP contribution in [0.3, 0.4) is 0 Å². The van der Waals surface area contributed by atoms with Crippen LogP contribution in [0.5, 0.6) is 17.2 Å². The van der Waals surface area contributed by atoms with Crippen molar-refractivity contribution in [2.75, 3.05) is 21.3 Å². The molecule has 1 N–H and O–H groups in total. The number of amides is 1. The third kappa shape index (κ3) is 4.10. The van der Waals surface area contributed by atoms with Gasteiger partial charge in [0.2, 0.25) is 5.75 Å². The predicted molar refractivity (Wildman–Crippen MR) is 103 cm³/mol. The molecule has 0 radical (unpaired) electrons. The second-order valence-corrected chi connectivity index (χ2v) is 6.21. The van der Waals surface area contributed by atoms with Gasteiger partial charge in [-0.15, -0.1) is 0 Å². The van der Waals surface area contributed by atoms with Crippen LogP contribution in [0.4, 0.5) is 0 Å². The maximum Gasteiger partial charge on any atom is 0.252 e. The molecular weight excluding hydrogens is 330 g/mol. The molecule has 0 saturated carbocycles. The minimum atomic E-state index is -0.184. The van der Waals surface area contributed by atoms with Crippen LogP contribution >= 0.6 is 0 Å². The van der Waals surface area contributed by atoms with E-state index in [1.54, 1.807) is 12.1 Å². The van der Waals surface area contributed by atoms with Crippen molar-refractivity contribution < 1.29 is 19.0 Å². The van der Waals surface area contributed by atoms with Crippen LogP contribution in [0.1, 0.15) is 46.4 Å². The molecule has 0 heterocycles. The summed E-state index contributed by atoms with van der Waals surface area (Å²) in [5.41, 5.74) is 3.96. The Bertz CT molecular complexity index is 761. The SMILES string of the molecule is CC[C@H](NC(=O)c1cc(OC)c(OC)c(OC)c1)c1ccc(C)cc1C. The highest BCUT2D eigenvalue weighted by molar-refractivity contribution is 5.96. The van der Waals surface area contributed by atoms with Crippen molar-refractivity contribution in [3.8, 4) is 17.2 Å². The number of ether oxygens (including phenoxy) is 3. The number of carbonyl (C=O) groups excluding carboxylic acids is 1. The lowest BCUT2D eigenvalue weighted by molar-refractivity contribution is 0.0934. The van der Waals surface area contributed by atoms with Crippen molar-refractivity contribution in [1.29, 1.82) is 0 Å². The fraction of sp³-hybridized carbons (Fsp3) is 0.381. The molecule has 2 aromatic carbocycles. The van der Waals surface area contributed by atoms with E-state index < -0.39 is 0 Å². The first kappa shape index (κ1) is 19.6. The Balaban J connectivity index is 2.33. The van der Waals surface area contributed by atoms with Gasteiger partial charge in [0.1, 0.15) is 0 Å². The van der Waals surface area contributed by atoms with Gasteiger partial charge < -0.3 is 19.5 Å². The number of carbonyl (C=O) groups is 1. The first-order valence-corrected chi connectivity index (χ1v) is 8.63. The van der Waals surface area contributed by atoms with Gasteiger partial charge in [0.25, 0.3) is 5.91 Å². The summed E-state index contributed by atoms with van der Waals surface area (Å²) < 4.78 is 16.0. The summed E-state index contributed by atoms with van der Waals surface area (Å²) in [4.78, 5) is 12.8. The van der Waals surface area contributed by atoms with Crippen LogP contribution in [-0.4, -0.2) is 27.2 Å². The molecule has 1 atom stereocenters. The van der Waals surface area contributed by atoms with Crippen LogP contribution in [0.25, 0.3) is 0 Å². The Morgan fingerprint density at radius 1 is 1.00 bits per heavy atom. The Morgan fingerprint density at radius 2 is 1.62 bits per heavy atom. The van der Waals surface area contributed by atoms with Gasteiger partial charge in [-0.2, -0.15) is 0 Å². The van der Waals surface area contributed by atoms with Crippen molar-refractivity contribution in [2.24, 2.45) is 0 Å². The van der Waals surface area contributed by atoms with E-state index in [-0.39, 0.29) is 11.9 Å². The van der Waals surface area contributed by atoms with Crippen LogP contribution in [-0.2, 0) is 0 Å². The smallest absolute Gasteiger partial charge is 0.252 e. The summed E-state index contributed by atoms with van der Waals surface area (Å²) >= 11 is 0. The van der Waals surface area contributed by atoms with Gasteiger partial charge in [-0.25, -0.2) is 0 Å². The lowest BCUT2D eigenvalue weighted by atomic mass is 9.97. The van der Waals surface area contributed by atoms with Gasteiger partial charge >= 0.3 is 0 Å². The van der Waals surface area contributed by atoms with Gasteiger partial charge in [0.05, 0.1) is 27.4 Å². The maximum atomic E-state index is 12.8. The fourth-order valence-electron chi connectivity index (χ4n) is 3.07. The lowest BCUT2D eigenvalue weighted by Crippen LogP contribution is -2.28. The van der Waals surface area contributed by atoms with Crippen LogP contribution < -0.4 is 19.5 Å².